The first-order valence-corrected chi connectivity index (χ1v) is 10.5. The van der Waals surface area contributed by atoms with Crippen molar-refractivity contribution in [3.05, 3.63) is 52.9 Å². The quantitative estimate of drug-likeness (QED) is 0.523. The van der Waals surface area contributed by atoms with Crippen molar-refractivity contribution >= 4 is 49.7 Å². The van der Waals surface area contributed by atoms with Crippen LogP contribution in [0.3, 0.4) is 0 Å². The van der Waals surface area contributed by atoms with Crippen LogP contribution in [-0.4, -0.2) is 31.2 Å². The van der Waals surface area contributed by atoms with Gasteiger partial charge in [-0.3, -0.25) is 4.79 Å². The Kier molecular flexibility index (Phi) is 4.29. The van der Waals surface area contributed by atoms with E-state index in [-0.39, 0.29) is 11.9 Å². The van der Waals surface area contributed by atoms with Gasteiger partial charge < -0.3 is 20.1 Å². The molecule has 1 aliphatic rings. The van der Waals surface area contributed by atoms with Crippen LogP contribution >= 0.6 is 11.3 Å². The summed E-state index contributed by atoms with van der Waals surface area (Å²) in [6, 6.07) is 13.8. The van der Waals surface area contributed by atoms with Crippen molar-refractivity contribution in [1.82, 2.24) is 4.98 Å². The van der Waals surface area contributed by atoms with Crippen LogP contribution in [0.4, 0.5) is 11.4 Å². The molecule has 152 valence electrons. The summed E-state index contributed by atoms with van der Waals surface area (Å²) in [6.07, 6.45) is 0.842. The minimum absolute atomic E-state index is 0.0767. The second kappa shape index (κ2) is 6.88. The number of nitrogen functional groups attached to an aromatic ring is 1. The largest absolute Gasteiger partial charge is 0.493 e. The Morgan fingerprint density at radius 2 is 1.90 bits per heavy atom. The van der Waals surface area contributed by atoms with Gasteiger partial charge in [-0.1, -0.05) is 18.2 Å². The minimum Gasteiger partial charge on any atom is -0.493 e. The Labute approximate surface area is 177 Å². The maximum absolute atomic E-state index is 13.5. The van der Waals surface area contributed by atoms with Crippen molar-refractivity contribution in [1.29, 1.82) is 0 Å². The van der Waals surface area contributed by atoms with E-state index in [2.05, 4.69) is 13.0 Å². The fraction of sp³-hybridized carbons (Fsp3) is 0.217. The van der Waals surface area contributed by atoms with E-state index in [0.717, 1.165) is 33.2 Å². The normalized spacial score (nSPS) is 15.6. The van der Waals surface area contributed by atoms with Crippen molar-refractivity contribution < 1.29 is 14.3 Å². The Bertz CT molecular complexity index is 1310. The van der Waals surface area contributed by atoms with Crippen molar-refractivity contribution in [3.8, 4) is 11.5 Å². The Morgan fingerprint density at radius 1 is 1.17 bits per heavy atom. The highest BCUT2D eigenvalue weighted by molar-refractivity contribution is 7.21. The van der Waals surface area contributed by atoms with Gasteiger partial charge in [0.1, 0.15) is 9.71 Å². The number of carbonyl (C=O) groups is 1. The molecule has 0 saturated carbocycles. The third-order valence-electron chi connectivity index (χ3n) is 5.64. The van der Waals surface area contributed by atoms with E-state index in [0.29, 0.717) is 22.1 Å². The molecule has 0 radical (unpaired) electrons. The standard InChI is InChI=1S/C23H21N3O3S/c1-12-8-13-6-4-5-7-17(13)26(12)23(27)21-20(24)15-9-14-10-18(28-2)19(29-3)11-16(14)25-22(15)30-21/h4-7,9-12H,8,24H2,1-3H3. The van der Waals surface area contributed by atoms with Gasteiger partial charge in [0.15, 0.2) is 11.5 Å². The number of hydrogen-bond donors (Lipinski definition) is 1. The number of hydrogen-bond acceptors (Lipinski definition) is 6. The summed E-state index contributed by atoms with van der Waals surface area (Å²) in [5.41, 5.74) is 9.83. The highest BCUT2D eigenvalue weighted by Crippen LogP contribution is 2.40. The summed E-state index contributed by atoms with van der Waals surface area (Å²) >= 11 is 1.33. The van der Waals surface area contributed by atoms with E-state index in [9.17, 15) is 4.79 Å². The molecule has 1 atom stereocenters. The number of nitrogens with two attached hydrogens (primary N) is 1. The van der Waals surface area contributed by atoms with E-state index in [4.69, 9.17) is 20.2 Å². The smallest absolute Gasteiger partial charge is 0.270 e. The van der Waals surface area contributed by atoms with E-state index in [1.165, 1.54) is 16.9 Å². The number of para-hydroxylation sites is 1. The zero-order valence-corrected chi connectivity index (χ0v) is 17.7. The lowest BCUT2D eigenvalue weighted by Crippen LogP contribution is -2.35. The average Bonchev–Trinajstić information content (AvgIpc) is 3.26. The molecular weight excluding hydrogens is 398 g/mol. The van der Waals surface area contributed by atoms with Gasteiger partial charge in [-0.2, -0.15) is 0 Å². The fourth-order valence-electron chi connectivity index (χ4n) is 4.17. The predicted octanol–water partition coefficient (Wildman–Crippen LogP) is 4.64. The monoisotopic (exact) mass is 419 g/mol. The third-order valence-corrected chi connectivity index (χ3v) is 6.74. The van der Waals surface area contributed by atoms with Gasteiger partial charge in [0.25, 0.3) is 5.91 Å². The molecule has 0 spiro atoms. The highest BCUT2D eigenvalue weighted by Gasteiger charge is 2.33. The number of thiophene rings is 1. The molecule has 0 fully saturated rings. The van der Waals surface area contributed by atoms with Crippen LogP contribution in [0.2, 0.25) is 0 Å². The maximum Gasteiger partial charge on any atom is 0.270 e. The van der Waals surface area contributed by atoms with Crippen LogP contribution in [0.15, 0.2) is 42.5 Å². The molecule has 5 rings (SSSR count). The molecule has 0 saturated heterocycles. The first-order chi connectivity index (χ1) is 14.5. The highest BCUT2D eigenvalue weighted by atomic mass is 32.1. The first kappa shape index (κ1) is 18.7. The molecule has 1 unspecified atom stereocenters. The summed E-state index contributed by atoms with van der Waals surface area (Å²) in [7, 11) is 3.19. The number of aromatic nitrogens is 1. The van der Waals surface area contributed by atoms with Crippen LogP contribution in [0.1, 0.15) is 22.2 Å². The molecule has 0 bridgehead atoms. The molecule has 3 heterocycles. The molecule has 6 nitrogen and oxygen atoms in total. The Balaban J connectivity index is 1.64. The van der Waals surface area contributed by atoms with Crippen molar-refractivity contribution in [3.63, 3.8) is 0 Å². The van der Waals surface area contributed by atoms with Crippen molar-refractivity contribution in [2.24, 2.45) is 0 Å². The summed E-state index contributed by atoms with van der Waals surface area (Å²) in [4.78, 5) is 21.3. The number of fused-ring (bicyclic) bond motifs is 3. The van der Waals surface area contributed by atoms with E-state index < -0.39 is 0 Å². The summed E-state index contributed by atoms with van der Waals surface area (Å²) < 4.78 is 10.8. The summed E-state index contributed by atoms with van der Waals surface area (Å²) in [5, 5.41) is 1.66. The zero-order chi connectivity index (χ0) is 21.0. The van der Waals surface area contributed by atoms with Gasteiger partial charge in [-0.15, -0.1) is 11.3 Å². The topological polar surface area (TPSA) is 77.7 Å². The Hall–Kier alpha value is -3.32. The van der Waals surface area contributed by atoms with E-state index in [1.54, 1.807) is 14.2 Å². The van der Waals surface area contributed by atoms with Crippen LogP contribution in [0, 0.1) is 0 Å². The van der Waals surface area contributed by atoms with Gasteiger partial charge in [-0.25, -0.2) is 4.98 Å². The summed E-state index contributed by atoms with van der Waals surface area (Å²) in [6.45, 7) is 2.06. The molecule has 2 N–H and O–H groups in total. The molecule has 4 aromatic rings. The van der Waals surface area contributed by atoms with Crippen LogP contribution in [-0.2, 0) is 6.42 Å². The van der Waals surface area contributed by atoms with Gasteiger partial charge >= 0.3 is 0 Å². The van der Waals surface area contributed by atoms with Gasteiger partial charge in [0.2, 0.25) is 0 Å². The number of rotatable bonds is 3. The zero-order valence-electron chi connectivity index (χ0n) is 16.9. The van der Waals surface area contributed by atoms with Crippen LogP contribution < -0.4 is 20.1 Å². The fourth-order valence-corrected chi connectivity index (χ4v) is 5.19. The number of carbonyl (C=O) groups excluding carboxylic acids is 1. The molecule has 2 aromatic heterocycles. The number of methoxy groups -OCH3 is 2. The lowest BCUT2D eigenvalue weighted by molar-refractivity contribution is 0.0986. The number of amides is 1. The maximum atomic E-state index is 13.5. The number of pyridine rings is 1. The molecule has 30 heavy (non-hydrogen) atoms. The molecule has 2 aromatic carbocycles. The van der Waals surface area contributed by atoms with E-state index >= 15 is 0 Å². The lowest BCUT2D eigenvalue weighted by Gasteiger charge is -2.22. The molecular formula is C23H21N3O3S. The number of ether oxygens (including phenoxy) is 2. The average molecular weight is 420 g/mol. The van der Waals surface area contributed by atoms with Gasteiger partial charge in [0, 0.05) is 28.6 Å². The predicted molar refractivity (Wildman–Crippen MR) is 121 cm³/mol. The van der Waals surface area contributed by atoms with Crippen LogP contribution in [0.5, 0.6) is 11.5 Å². The lowest BCUT2D eigenvalue weighted by atomic mass is 10.1. The molecule has 1 aliphatic heterocycles. The van der Waals surface area contributed by atoms with Gasteiger partial charge in [0.05, 0.1) is 25.4 Å². The van der Waals surface area contributed by atoms with Crippen molar-refractivity contribution in [2.75, 3.05) is 24.9 Å². The van der Waals surface area contributed by atoms with Crippen molar-refractivity contribution in [2.45, 2.75) is 19.4 Å². The number of anilines is 2. The van der Waals surface area contributed by atoms with Gasteiger partial charge in [-0.05, 0) is 37.1 Å². The molecule has 0 aliphatic carbocycles. The third kappa shape index (κ3) is 2.69. The van der Waals surface area contributed by atoms with Crippen LogP contribution in [0.25, 0.3) is 21.1 Å². The number of benzene rings is 2. The Morgan fingerprint density at radius 3 is 2.67 bits per heavy atom. The second-order valence-electron chi connectivity index (χ2n) is 7.44. The summed E-state index contributed by atoms with van der Waals surface area (Å²) in [5.74, 6) is 1.16. The second-order valence-corrected chi connectivity index (χ2v) is 8.44. The minimum atomic E-state index is -0.0767. The van der Waals surface area contributed by atoms with E-state index in [1.807, 2.05) is 41.3 Å². The molecule has 1 amide bonds. The first-order valence-electron chi connectivity index (χ1n) is 9.68. The number of nitrogens with zero attached hydrogens (tertiary/aromatic N) is 2. The molecule has 7 heteroatoms. The SMILES string of the molecule is COc1cc2cc3c(N)c(C(=O)N4c5ccccc5CC4C)sc3nc2cc1OC.